The van der Waals surface area contributed by atoms with Gasteiger partial charge in [0.15, 0.2) is 0 Å². The minimum Gasteiger partial charge on any atom is -0.310 e. The Bertz CT molecular complexity index is 3690. The number of nitrogens with zero attached hydrogens (tertiary/aromatic N) is 2. The van der Waals surface area contributed by atoms with Crippen molar-refractivity contribution in [1.29, 1.82) is 0 Å². The number of aromatic nitrogens is 1. The van der Waals surface area contributed by atoms with Gasteiger partial charge in [-0.2, -0.15) is 0 Å². The highest BCUT2D eigenvalue weighted by molar-refractivity contribution is 6.29. The number of benzene rings is 10. The molecule has 11 aromatic rings. The van der Waals surface area contributed by atoms with Gasteiger partial charge < -0.3 is 9.47 Å². The highest BCUT2D eigenvalue weighted by Gasteiger charge is 2.50. The number of hydrogen-bond donors (Lipinski definition) is 0. The standard InChI is InChI=1S/C60H40N2/c1-59(2)47-24-11-8-22-44(47)46-35-41(32-33-48(46)59)61(40-31-30-37-16-6-7-17-38(37)34-40)54-36-55-58-56-45(54)23-14-27-51(56)60(49-25-12-9-20-42(49)43-21-10-13-26-50(43)60)52-28-15-29-53(57(52)58)62(55)39-18-4-3-5-19-39/h3-36H,1-2H3. The van der Waals surface area contributed by atoms with Crippen LogP contribution in [0.1, 0.15) is 47.2 Å². The van der Waals surface area contributed by atoms with Crippen LogP contribution < -0.4 is 4.90 Å². The molecule has 0 N–H and O–H groups in total. The van der Waals surface area contributed by atoms with Crippen LogP contribution in [0, 0.1) is 0 Å². The molecular weight excluding hydrogens is 749 g/mol. The molecule has 0 radical (unpaired) electrons. The fourth-order valence-electron chi connectivity index (χ4n) is 12.2. The van der Waals surface area contributed by atoms with Gasteiger partial charge in [0, 0.05) is 38.6 Å². The van der Waals surface area contributed by atoms with Gasteiger partial charge in [0.05, 0.1) is 22.1 Å². The fraction of sp³-hybridized carbons (Fsp3) is 0.0667. The third kappa shape index (κ3) is 4.15. The van der Waals surface area contributed by atoms with Gasteiger partial charge in [0.2, 0.25) is 0 Å². The van der Waals surface area contributed by atoms with E-state index in [4.69, 9.17) is 0 Å². The molecule has 2 nitrogen and oxygen atoms in total. The van der Waals surface area contributed by atoms with Crippen LogP contribution in [0.5, 0.6) is 0 Å². The van der Waals surface area contributed by atoms with Crippen molar-refractivity contribution in [2.24, 2.45) is 0 Å². The van der Waals surface area contributed by atoms with Gasteiger partial charge in [-0.3, -0.25) is 0 Å². The van der Waals surface area contributed by atoms with Gasteiger partial charge in [0.25, 0.3) is 0 Å². The number of fused-ring (bicyclic) bond motifs is 11. The Balaban J connectivity index is 1.17. The van der Waals surface area contributed by atoms with Gasteiger partial charge in [-0.15, -0.1) is 0 Å². The summed E-state index contributed by atoms with van der Waals surface area (Å²) in [7, 11) is 0. The second kappa shape index (κ2) is 12.0. The molecule has 62 heavy (non-hydrogen) atoms. The monoisotopic (exact) mass is 788 g/mol. The molecule has 1 heterocycles. The zero-order chi connectivity index (χ0) is 40.9. The maximum Gasteiger partial charge on any atom is 0.0726 e. The highest BCUT2D eigenvalue weighted by Crippen LogP contribution is 2.63. The number of hydrogen-bond acceptors (Lipinski definition) is 1. The third-order valence-electron chi connectivity index (χ3n) is 14.7. The Hall–Kier alpha value is -7.68. The van der Waals surface area contributed by atoms with Gasteiger partial charge in [-0.1, -0.05) is 172 Å². The van der Waals surface area contributed by atoms with Crippen molar-refractivity contribution in [3.8, 4) is 27.9 Å². The molecule has 0 fully saturated rings. The number of rotatable bonds is 4. The van der Waals surface area contributed by atoms with Crippen LogP contribution in [0.4, 0.5) is 17.1 Å². The Morgan fingerprint density at radius 1 is 0.371 bits per heavy atom. The van der Waals surface area contributed by atoms with E-state index in [9.17, 15) is 0 Å². The Kier molecular flexibility index (Phi) is 6.59. The van der Waals surface area contributed by atoms with Crippen LogP contribution in [-0.2, 0) is 10.8 Å². The fourth-order valence-corrected chi connectivity index (χ4v) is 12.2. The summed E-state index contributed by atoms with van der Waals surface area (Å²) in [6.07, 6.45) is 0. The molecule has 3 aliphatic rings. The van der Waals surface area contributed by atoms with E-state index in [1.165, 1.54) is 99.0 Å². The first kappa shape index (κ1) is 34.1. The lowest BCUT2D eigenvalue weighted by Gasteiger charge is -2.38. The summed E-state index contributed by atoms with van der Waals surface area (Å²) in [6.45, 7) is 4.73. The second-order valence-corrected chi connectivity index (χ2v) is 18.0. The summed E-state index contributed by atoms with van der Waals surface area (Å²) in [5, 5.41) is 7.67. The molecular formula is C60H40N2. The van der Waals surface area contributed by atoms with Crippen molar-refractivity contribution < 1.29 is 0 Å². The van der Waals surface area contributed by atoms with Crippen LogP contribution in [0.2, 0.25) is 0 Å². The molecule has 1 aromatic heterocycles. The molecule has 0 saturated carbocycles. The van der Waals surface area contributed by atoms with Crippen LogP contribution >= 0.6 is 0 Å². The summed E-state index contributed by atoms with van der Waals surface area (Å²) in [5.74, 6) is 0. The normalized spacial score (nSPS) is 14.5. The van der Waals surface area contributed by atoms with Crippen LogP contribution in [0.3, 0.4) is 0 Å². The number of anilines is 3. The predicted octanol–water partition coefficient (Wildman–Crippen LogP) is 15.5. The maximum absolute atomic E-state index is 2.55. The van der Waals surface area contributed by atoms with E-state index in [-0.39, 0.29) is 5.41 Å². The quantitative estimate of drug-likeness (QED) is 0.172. The van der Waals surface area contributed by atoms with Crippen molar-refractivity contribution in [1.82, 2.24) is 4.57 Å². The van der Waals surface area contributed by atoms with E-state index < -0.39 is 5.41 Å². The lowest BCUT2D eigenvalue weighted by molar-refractivity contribution is 0.660. The molecule has 290 valence electrons. The smallest absolute Gasteiger partial charge is 0.0726 e. The Morgan fingerprint density at radius 3 is 1.69 bits per heavy atom. The summed E-state index contributed by atoms with van der Waals surface area (Å²) in [4.78, 5) is 2.55. The van der Waals surface area contributed by atoms with E-state index in [2.05, 4.69) is 230 Å². The predicted molar refractivity (Wildman–Crippen MR) is 259 cm³/mol. The maximum atomic E-state index is 2.55. The lowest BCUT2D eigenvalue weighted by Crippen LogP contribution is -2.30. The first-order valence-electron chi connectivity index (χ1n) is 21.9. The second-order valence-electron chi connectivity index (χ2n) is 18.0. The van der Waals surface area contributed by atoms with E-state index in [1.54, 1.807) is 0 Å². The van der Waals surface area contributed by atoms with Crippen molar-refractivity contribution in [3.63, 3.8) is 0 Å². The van der Waals surface area contributed by atoms with Crippen molar-refractivity contribution in [3.05, 3.63) is 240 Å². The Morgan fingerprint density at radius 2 is 0.935 bits per heavy atom. The molecule has 0 atom stereocenters. The Labute approximate surface area is 360 Å². The average Bonchev–Trinajstić information content (AvgIpc) is 3.90. The van der Waals surface area contributed by atoms with Gasteiger partial charge >= 0.3 is 0 Å². The summed E-state index contributed by atoms with van der Waals surface area (Å²) >= 11 is 0. The summed E-state index contributed by atoms with van der Waals surface area (Å²) in [6, 6.07) is 77.8. The molecule has 0 bridgehead atoms. The van der Waals surface area contributed by atoms with E-state index in [0.717, 1.165) is 22.7 Å². The minimum atomic E-state index is -0.510. The van der Waals surface area contributed by atoms with Crippen molar-refractivity contribution in [2.75, 3.05) is 4.90 Å². The van der Waals surface area contributed by atoms with E-state index in [1.807, 2.05) is 0 Å². The number of para-hydroxylation sites is 1. The molecule has 0 unspecified atom stereocenters. The SMILES string of the molecule is CC1(C)c2ccccc2-c2cc(N(c3ccc4ccccc4c3)c3cc4c5c6c(cccc36)C3(c6ccccc6-c6ccccc63)c3cccc(c35)n4-c3ccccc3)ccc21. The average molecular weight is 789 g/mol. The van der Waals surface area contributed by atoms with Crippen LogP contribution in [-0.4, -0.2) is 4.57 Å². The minimum absolute atomic E-state index is 0.0910. The first-order chi connectivity index (χ1) is 30.5. The molecule has 1 spiro atoms. The largest absolute Gasteiger partial charge is 0.310 e. The van der Waals surface area contributed by atoms with E-state index in [0.29, 0.717) is 0 Å². The van der Waals surface area contributed by atoms with E-state index >= 15 is 0 Å². The highest BCUT2D eigenvalue weighted by atomic mass is 15.1. The molecule has 14 rings (SSSR count). The van der Waals surface area contributed by atoms with Gasteiger partial charge in [0.1, 0.15) is 0 Å². The third-order valence-corrected chi connectivity index (χ3v) is 14.7. The molecule has 0 amide bonds. The summed E-state index contributed by atoms with van der Waals surface area (Å²) in [5.41, 5.74) is 19.8. The zero-order valence-corrected chi connectivity index (χ0v) is 34.5. The van der Waals surface area contributed by atoms with Crippen molar-refractivity contribution >= 4 is 60.4 Å². The molecule has 0 aliphatic heterocycles. The first-order valence-corrected chi connectivity index (χ1v) is 21.9. The molecule has 0 saturated heterocycles. The summed E-state index contributed by atoms with van der Waals surface area (Å²) < 4.78 is 2.53. The topological polar surface area (TPSA) is 8.17 Å². The van der Waals surface area contributed by atoms with Crippen molar-refractivity contribution in [2.45, 2.75) is 24.7 Å². The van der Waals surface area contributed by atoms with Crippen LogP contribution in [0.25, 0.3) is 71.3 Å². The lowest BCUT2D eigenvalue weighted by atomic mass is 9.63. The zero-order valence-electron chi connectivity index (χ0n) is 34.5. The van der Waals surface area contributed by atoms with Gasteiger partial charge in [-0.05, 0) is 120 Å². The van der Waals surface area contributed by atoms with Crippen LogP contribution in [0.15, 0.2) is 206 Å². The van der Waals surface area contributed by atoms with Gasteiger partial charge in [-0.25, -0.2) is 0 Å². The molecule has 3 aliphatic carbocycles. The molecule has 2 heteroatoms. The molecule has 10 aromatic carbocycles.